The molecule has 1 heterocycles. The number of halogens is 1. The van der Waals surface area contributed by atoms with Gasteiger partial charge in [-0.3, -0.25) is 4.79 Å². The number of rotatable bonds is 4. The Labute approximate surface area is 107 Å². The Hall–Kier alpha value is -1.16. The first-order chi connectivity index (χ1) is 8.10. The smallest absolute Gasteiger partial charge is 0.302 e. The van der Waals surface area contributed by atoms with E-state index in [1.807, 2.05) is 13.8 Å². The first-order valence-corrected chi connectivity index (χ1v) is 7.29. The van der Waals surface area contributed by atoms with E-state index >= 15 is 0 Å². The highest BCUT2D eigenvalue weighted by molar-refractivity contribution is 7.86. The van der Waals surface area contributed by atoms with Crippen LogP contribution in [0.3, 0.4) is 0 Å². The van der Waals surface area contributed by atoms with Gasteiger partial charge >= 0.3 is 10.2 Å². The fraction of sp³-hybridized carbons (Fsp3) is 0.818. The third-order valence-corrected chi connectivity index (χ3v) is 4.42. The second kappa shape index (κ2) is 4.84. The second-order valence-corrected chi connectivity index (χ2v) is 6.61. The average molecular weight is 276 g/mol. The lowest BCUT2D eigenvalue weighted by Gasteiger charge is -2.36. The summed E-state index contributed by atoms with van der Waals surface area (Å²) in [6.45, 7) is 5.39. The molecular weight excluding hydrogens is 259 g/mol. The van der Waals surface area contributed by atoms with E-state index in [0.717, 1.165) is 0 Å². The van der Waals surface area contributed by atoms with Gasteiger partial charge < -0.3 is 4.90 Å². The molecule has 2 unspecified atom stereocenters. The molecule has 0 radical (unpaired) electrons. The standard InChI is InChI=1S/C11H17FN2O3S/c1-8(2)11(3,7-13)14-5-9(4-10(14)15)6-18(12,16)17/h8-9H,4-6H2,1-3H3. The van der Waals surface area contributed by atoms with Gasteiger partial charge in [-0.15, -0.1) is 3.89 Å². The van der Waals surface area contributed by atoms with Crippen LogP contribution in [-0.4, -0.2) is 37.1 Å². The van der Waals surface area contributed by atoms with Crippen molar-refractivity contribution in [3.8, 4) is 6.07 Å². The van der Waals surface area contributed by atoms with Crippen LogP contribution in [-0.2, 0) is 15.0 Å². The zero-order valence-corrected chi connectivity index (χ0v) is 11.5. The zero-order valence-electron chi connectivity index (χ0n) is 10.7. The largest absolute Gasteiger partial charge is 0.324 e. The molecule has 1 saturated heterocycles. The van der Waals surface area contributed by atoms with Crippen molar-refractivity contribution in [3.63, 3.8) is 0 Å². The van der Waals surface area contributed by atoms with E-state index in [9.17, 15) is 22.4 Å². The lowest BCUT2D eigenvalue weighted by Crippen LogP contribution is -2.50. The van der Waals surface area contributed by atoms with Crippen molar-refractivity contribution in [2.45, 2.75) is 32.7 Å². The lowest BCUT2D eigenvalue weighted by atomic mass is 9.88. The Kier molecular flexibility index (Phi) is 4.01. The molecule has 1 amide bonds. The van der Waals surface area contributed by atoms with Gasteiger partial charge in [0.15, 0.2) is 0 Å². The highest BCUT2D eigenvalue weighted by Gasteiger charge is 2.44. The van der Waals surface area contributed by atoms with Gasteiger partial charge in [0, 0.05) is 18.9 Å². The number of carbonyl (C=O) groups excluding carboxylic acids is 1. The minimum absolute atomic E-state index is 0.0207. The van der Waals surface area contributed by atoms with E-state index < -0.39 is 27.4 Å². The van der Waals surface area contributed by atoms with Crippen molar-refractivity contribution in [1.29, 1.82) is 5.26 Å². The Bertz CT molecular complexity index is 483. The molecule has 1 rings (SSSR count). The molecule has 7 heteroatoms. The van der Waals surface area contributed by atoms with E-state index in [2.05, 4.69) is 6.07 Å². The van der Waals surface area contributed by atoms with Crippen molar-refractivity contribution in [3.05, 3.63) is 0 Å². The van der Waals surface area contributed by atoms with Crippen molar-refractivity contribution in [2.75, 3.05) is 12.3 Å². The topological polar surface area (TPSA) is 78.2 Å². The first-order valence-electron chi connectivity index (χ1n) is 5.74. The summed E-state index contributed by atoms with van der Waals surface area (Å²) < 4.78 is 33.8. The van der Waals surface area contributed by atoms with Gasteiger partial charge in [0.2, 0.25) is 5.91 Å². The molecular formula is C11H17FN2O3S. The fourth-order valence-corrected chi connectivity index (χ4v) is 2.91. The van der Waals surface area contributed by atoms with E-state index in [0.29, 0.717) is 0 Å². The van der Waals surface area contributed by atoms with Crippen LogP contribution in [0.4, 0.5) is 3.89 Å². The molecule has 0 N–H and O–H groups in total. The SMILES string of the molecule is CC(C)C(C)(C#N)N1CC(CS(=O)(=O)F)CC1=O. The predicted molar refractivity (Wildman–Crippen MR) is 63.6 cm³/mol. The quantitative estimate of drug-likeness (QED) is 0.720. The summed E-state index contributed by atoms with van der Waals surface area (Å²) in [4.78, 5) is 13.2. The third kappa shape index (κ3) is 2.99. The molecule has 5 nitrogen and oxygen atoms in total. The number of hydrogen-bond donors (Lipinski definition) is 0. The van der Waals surface area contributed by atoms with Crippen molar-refractivity contribution in [2.24, 2.45) is 11.8 Å². The summed E-state index contributed by atoms with van der Waals surface area (Å²) in [5.74, 6) is -1.61. The maximum absolute atomic E-state index is 12.6. The minimum Gasteiger partial charge on any atom is -0.324 e. The van der Waals surface area contributed by atoms with Gasteiger partial charge in [-0.05, 0) is 12.8 Å². The Balaban J connectivity index is 2.89. The number of amides is 1. The second-order valence-electron chi connectivity index (χ2n) is 5.19. The molecule has 0 saturated carbocycles. The summed E-state index contributed by atoms with van der Waals surface area (Å²) in [6.07, 6.45) is -0.0207. The van der Waals surface area contributed by atoms with E-state index in [-0.39, 0.29) is 24.8 Å². The van der Waals surface area contributed by atoms with Gasteiger partial charge in [-0.25, -0.2) is 0 Å². The maximum atomic E-state index is 12.6. The molecule has 1 aliphatic heterocycles. The molecule has 0 aromatic carbocycles. The summed E-state index contributed by atoms with van der Waals surface area (Å²) in [7, 11) is -4.59. The van der Waals surface area contributed by atoms with Crippen LogP contribution >= 0.6 is 0 Å². The van der Waals surface area contributed by atoms with Crippen LogP contribution in [0.5, 0.6) is 0 Å². The summed E-state index contributed by atoms with van der Waals surface area (Å²) in [6, 6.07) is 2.10. The maximum Gasteiger partial charge on any atom is 0.302 e. The summed E-state index contributed by atoms with van der Waals surface area (Å²) in [5.41, 5.74) is -0.980. The first kappa shape index (κ1) is 14.9. The van der Waals surface area contributed by atoms with Crippen molar-refractivity contribution < 1.29 is 17.1 Å². The normalized spacial score (nSPS) is 24.1. The molecule has 0 aromatic rings. The molecule has 2 atom stereocenters. The Morgan fingerprint density at radius 1 is 1.61 bits per heavy atom. The lowest BCUT2D eigenvalue weighted by molar-refractivity contribution is -0.132. The van der Waals surface area contributed by atoms with Crippen LogP contribution in [0.25, 0.3) is 0 Å². The summed E-state index contributed by atoms with van der Waals surface area (Å²) in [5, 5.41) is 9.22. The minimum atomic E-state index is -4.59. The molecule has 18 heavy (non-hydrogen) atoms. The van der Waals surface area contributed by atoms with Crippen LogP contribution in [0, 0.1) is 23.2 Å². The van der Waals surface area contributed by atoms with E-state index in [4.69, 9.17) is 0 Å². The number of nitriles is 1. The van der Waals surface area contributed by atoms with Crippen LogP contribution in [0.15, 0.2) is 0 Å². The number of hydrogen-bond acceptors (Lipinski definition) is 4. The predicted octanol–water partition coefficient (Wildman–Crippen LogP) is 1.07. The van der Waals surface area contributed by atoms with E-state index in [1.54, 1.807) is 6.92 Å². The monoisotopic (exact) mass is 276 g/mol. The van der Waals surface area contributed by atoms with E-state index in [1.165, 1.54) is 4.90 Å². The Morgan fingerprint density at radius 2 is 2.17 bits per heavy atom. The van der Waals surface area contributed by atoms with Gasteiger partial charge in [0.1, 0.15) is 5.54 Å². The molecule has 1 fully saturated rings. The van der Waals surface area contributed by atoms with Gasteiger partial charge in [0.25, 0.3) is 0 Å². The highest BCUT2D eigenvalue weighted by atomic mass is 32.3. The molecule has 0 aliphatic carbocycles. The molecule has 0 spiro atoms. The van der Waals surface area contributed by atoms with Crippen LogP contribution < -0.4 is 0 Å². The highest BCUT2D eigenvalue weighted by Crippen LogP contribution is 2.31. The van der Waals surface area contributed by atoms with Gasteiger partial charge in [-0.2, -0.15) is 13.7 Å². The third-order valence-electron chi connectivity index (χ3n) is 3.55. The van der Waals surface area contributed by atoms with Crippen LogP contribution in [0.2, 0.25) is 0 Å². The number of nitrogens with zero attached hydrogens (tertiary/aromatic N) is 2. The molecule has 102 valence electrons. The van der Waals surface area contributed by atoms with Crippen molar-refractivity contribution in [1.82, 2.24) is 4.90 Å². The fourth-order valence-electron chi connectivity index (χ4n) is 2.12. The van der Waals surface area contributed by atoms with Crippen LogP contribution in [0.1, 0.15) is 27.2 Å². The Morgan fingerprint density at radius 3 is 2.56 bits per heavy atom. The average Bonchev–Trinajstić information content (AvgIpc) is 2.55. The zero-order chi connectivity index (χ0) is 14.1. The van der Waals surface area contributed by atoms with Gasteiger partial charge in [0.05, 0.1) is 11.8 Å². The summed E-state index contributed by atoms with van der Waals surface area (Å²) >= 11 is 0. The van der Waals surface area contributed by atoms with Crippen molar-refractivity contribution >= 4 is 16.1 Å². The van der Waals surface area contributed by atoms with Gasteiger partial charge in [-0.1, -0.05) is 13.8 Å². The number of likely N-dealkylation sites (tertiary alicyclic amines) is 1. The molecule has 1 aliphatic rings. The molecule has 0 bridgehead atoms. The molecule has 0 aromatic heterocycles. The number of carbonyl (C=O) groups is 1.